The molecule has 3 heteroatoms. The van der Waals surface area contributed by atoms with Crippen molar-refractivity contribution in [1.82, 2.24) is 4.98 Å². The summed E-state index contributed by atoms with van der Waals surface area (Å²) < 4.78 is 0. The summed E-state index contributed by atoms with van der Waals surface area (Å²) in [7, 11) is 0. The van der Waals surface area contributed by atoms with Gasteiger partial charge < -0.3 is 4.79 Å². The molecule has 0 aliphatic rings. The number of nitrogens with zero attached hydrogens (tertiary/aromatic N) is 1. The van der Waals surface area contributed by atoms with Gasteiger partial charge in [-0.2, -0.15) is 0 Å². The Bertz CT molecular complexity index is 422. The normalized spacial score (nSPS) is 10.0. The van der Waals surface area contributed by atoms with Crippen LogP contribution in [0.1, 0.15) is 4.88 Å². The van der Waals surface area contributed by atoms with Crippen molar-refractivity contribution in [3.05, 3.63) is 40.7 Å². The molecule has 0 bridgehead atoms. The molecule has 0 saturated heterocycles. The van der Waals surface area contributed by atoms with E-state index in [4.69, 9.17) is 0 Å². The van der Waals surface area contributed by atoms with Crippen molar-refractivity contribution in [2.75, 3.05) is 0 Å². The van der Waals surface area contributed by atoms with Crippen molar-refractivity contribution in [2.45, 2.75) is 6.42 Å². The van der Waals surface area contributed by atoms with E-state index in [0.29, 0.717) is 6.42 Å². The Labute approximate surface area is 86.2 Å². The van der Waals surface area contributed by atoms with Gasteiger partial charge >= 0.3 is 0 Å². The zero-order chi connectivity index (χ0) is 9.80. The molecule has 69 valence electrons. The van der Waals surface area contributed by atoms with Crippen LogP contribution in [0.3, 0.4) is 0 Å². The molecule has 0 atom stereocenters. The van der Waals surface area contributed by atoms with Crippen LogP contribution in [0.15, 0.2) is 30.3 Å². The van der Waals surface area contributed by atoms with E-state index in [0.717, 1.165) is 22.4 Å². The number of carbonyl (C=O) groups excluding carboxylic acids is 1. The van der Waals surface area contributed by atoms with E-state index in [1.807, 2.05) is 30.3 Å². The minimum Gasteiger partial charge on any atom is -0.303 e. The molecule has 0 fully saturated rings. The topological polar surface area (TPSA) is 30.0 Å². The fourth-order valence-corrected chi connectivity index (χ4v) is 1.93. The SMILES string of the molecule is O=CCc1s[c]nc1-c1ccccc1. The molecule has 14 heavy (non-hydrogen) atoms. The van der Waals surface area contributed by atoms with Gasteiger partial charge in [0, 0.05) is 16.9 Å². The number of aromatic nitrogens is 1. The van der Waals surface area contributed by atoms with Crippen LogP contribution >= 0.6 is 11.3 Å². The zero-order valence-electron chi connectivity index (χ0n) is 7.43. The van der Waals surface area contributed by atoms with Gasteiger partial charge in [-0.1, -0.05) is 30.3 Å². The molecule has 2 rings (SSSR count). The Morgan fingerprint density at radius 2 is 2.14 bits per heavy atom. The van der Waals surface area contributed by atoms with Crippen molar-refractivity contribution < 1.29 is 4.79 Å². The summed E-state index contributed by atoms with van der Waals surface area (Å²) in [6.45, 7) is 0. The molecule has 1 aromatic carbocycles. The van der Waals surface area contributed by atoms with Gasteiger partial charge in [-0.3, -0.25) is 0 Å². The molecule has 2 aromatic rings. The first-order valence-electron chi connectivity index (χ1n) is 4.26. The van der Waals surface area contributed by atoms with Gasteiger partial charge in [0.05, 0.1) is 5.69 Å². The molecule has 1 radical (unpaired) electrons. The van der Waals surface area contributed by atoms with Crippen molar-refractivity contribution >= 4 is 17.6 Å². The fourth-order valence-electron chi connectivity index (χ4n) is 1.27. The van der Waals surface area contributed by atoms with Gasteiger partial charge in [0.25, 0.3) is 0 Å². The fraction of sp³-hybridized carbons (Fsp3) is 0.0909. The van der Waals surface area contributed by atoms with Gasteiger partial charge in [0.2, 0.25) is 0 Å². The molecular weight excluding hydrogens is 194 g/mol. The number of hydrogen-bond acceptors (Lipinski definition) is 3. The molecule has 0 N–H and O–H groups in total. The zero-order valence-corrected chi connectivity index (χ0v) is 8.25. The minimum absolute atomic E-state index is 0.422. The highest BCUT2D eigenvalue weighted by atomic mass is 32.1. The minimum atomic E-state index is 0.422. The summed E-state index contributed by atoms with van der Waals surface area (Å²) in [5.41, 5.74) is 4.74. The lowest BCUT2D eigenvalue weighted by atomic mass is 10.1. The number of rotatable bonds is 3. The van der Waals surface area contributed by atoms with E-state index in [9.17, 15) is 4.79 Å². The molecule has 2 nitrogen and oxygen atoms in total. The van der Waals surface area contributed by atoms with Crippen LogP contribution in [0.5, 0.6) is 0 Å². The van der Waals surface area contributed by atoms with E-state index < -0.39 is 0 Å². The van der Waals surface area contributed by atoms with Crippen LogP contribution in [-0.2, 0) is 11.2 Å². The van der Waals surface area contributed by atoms with Crippen LogP contribution < -0.4 is 0 Å². The van der Waals surface area contributed by atoms with E-state index in [1.165, 1.54) is 11.3 Å². The Morgan fingerprint density at radius 1 is 1.36 bits per heavy atom. The summed E-state index contributed by atoms with van der Waals surface area (Å²) in [5.74, 6) is 0. The Balaban J connectivity index is 2.41. The maximum atomic E-state index is 10.4. The Kier molecular flexibility index (Phi) is 2.70. The second kappa shape index (κ2) is 4.15. The third kappa shape index (κ3) is 1.72. The monoisotopic (exact) mass is 202 g/mol. The largest absolute Gasteiger partial charge is 0.303 e. The number of benzene rings is 1. The summed E-state index contributed by atoms with van der Waals surface area (Å²) in [4.78, 5) is 15.5. The van der Waals surface area contributed by atoms with Crippen molar-refractivity contribution in [3.8, 4) is 11.3 Å². The molecule has 0 spiro atoms. The lowest BCUT2D eigenvalue weighted by Crippen LogP contribution is -1.86. The van der Waals surface area contributed by atoms with Gasteiger partial charge in [-0.05, 0) is 0 Å². The third-order valence-corrected chi connectivity index (χ3v) is 2.70. The highest BCUT2D eigenvalue weighted by Crippen LogP contribution is 2.24. The van der Waals surface area contributed by atoms with Crippen molar-refractivity contribution in [1.29, 1.82) is 0 Å². The van der Waals surface area contributed by atoms with Gasteiger partial charge in [-0.25, -0.2) is 4.98 Å². The molecule has 0 amide bonds. The summed E-state index contributed by atoms with van der Waals surface area (Å²) in [6, 6.07) is 9.84. The summed E-state index contributed by atoms with van der Waals surface area (Å²) >= 11 is 1.40. The first-order chi connectivity index (χ1) is 6.92. The predicted molar refractivity (Wildman–Crippen MR) is 56.2 cm³/mol. The molecular formula is C11H8NOS. The molecule has 1 aromatic heterocycles. The van der Waals surface area contributed by atoms with Crippen LogP contribution in [0.25, 0.3) is 11.3 Å². The maximum absolute atomic E-state index is 10.4. The van der Waals surface area contributed by atoms with Gasteiger partial charge in [0.15, 0.2) is 5.51 Å². The molecule has 1 heterocycles. The average molecular weight is 202 g/mol. The van der Waals surface area contributed by atoms with Gasteiger partial charge in [0.1, 0.15) is 6.29 Å². The quantitative estimate of drug-likeness (QED) is 0.715. The first kappa shape index (κ1) is 9.09. The third-order valence-electron chi connectivity index (χ3n) is 1.91. The predicted octanol–water partition coefficient (Wildman–Crippen LogP) is 2.35. The molecule has 0 saturated carbocycles. The highest BCUT2D eigenvalue weighted by Gasteiger charge is 2.07. The second-order valence-corrected chi connectivity index (χ2v) is 3.69. The van der Waals surface area contributed by atoms with Gasteiger partial charge in [-0.15, -0.1) is 11.3 Å². The summed E-state index contributed by atoms with van der Waals surface area (Å²) in [6.07, 6.45) is 1.32. The van der Waals surface area contributed by atoms with Crippen molar-refractivity contribution in [3.63, 3.8) is 0 Å². The van der Waals surface area contributed by atoms with Crippen LogP contribution in [0.2, 0.25) is 0 Å². The van der Waals surface area contributed by atoms with E-state index >= 15 is 0 Å². The first-order valence-corrected chi connectivity index (χ1v) is 5.08. The van der Waals surface area contributed by atoms with Crippen LogP contribution in [0, 0.1) is 5.51 Å². The number of hydrogen-bond donors (Lipinski definition) is 0. The molecule has 0 aliphatic heterocycles. The smallest absolute Gasteiger partial charge is 0.153 e. The van der Waals surface area contributed by atoms with E-state index in [1.54, 1.807) is 0 Å². The lowest BCUT2D eigenvalue weighted by molar-refractivity contribution is -0.107. The summed E-state index contributed by atoms with van der Waals surface area (Å²) in [5, 5.41) is 0. The van der Waals surface area contributed by atoms with E-state index in [-0.39, 0.29) is 0 Å². The lowest BCUT2D eigenvalue weighted by Gasteiger charge is -1.98. The van der Waals surface area contributed by atoms with Crippen LogP contribution in [-0.4, -0.2) is 11.3 Å². The maximum Gasteiger partial charge on any atom is 0.153 e. The Morgan fingerprint density at radius 3 is 2.86 bits per heavy atom. The van der Waals surface area contributed by atoms with E-state index in [2.05, 4.69) is 10.5 Å². The van der Waals surface area contributed by atoms with Crippen LogP contribution in [0.4, 0.5) is 0 Å². The number of aldehydes is 1. The molecule has 0 aliphatic carbocycles. The number of thiazole rings is 1. The number of carbonyl (C=O) groups is 1. The average Bonchev–Trinajstić information content (AvgIpc) is 2.68. The van der Waals surface area contributed by atoms with Crippen molar-refractivity contribution in [2.24, 2.45) is 0 Å². The molecule has 0 unspecified atom stereocenters. The Hall–Kier alpha value is -1.48. The second-order valence-electron chi connectivity index (χ2n) is 2.81. The highest BCUT2D eigenvalue weighted by molar-refractivity contribution is 7.09. The standard InChI is InChI=1S/C11H8NOS/c13-7-6-10-11(12-8-14-10)9-4-2-1-3-5-9/h1-5,7H,6H2.